The molecule has 1 saturated heterocycles. The second-order valence-electron chi connectivity index (χ2n) is 4.87. The molecule has 2 N–H and O–H groups in total. The summed E-state index contributed by atoms with van der Waals surface area (Å²) in [5.74, 6) is 0. The number of hydrogen-bond donors (Lipinski definition) is 1. The lowest BCUT2D eigenvalue weighted by molar-refractivity contribution is -0.137. The zero-order chi connectivity index (χ0) is 14.6. The number of ether oxygens (including phenoxy) is 1. The summed E-state index contributed by atoms with van der Waals surface area (Å²) >= 11 is 0. The van der Waals surface area contributed by atoms with Gasteiger partial charge in [-0.05, 0) is 24.1 Å². The summed E-state index contributed by atoms with van der Waals surface area (Å²) in [4.78, 5) is 2.18. The average Bonchev–Trinajstić information content (AvgIpc) is 2.68. The van der Waals surface area contributed by atoms with E-state index in [9.17, 15) is 13.2 Å². The first-order valence-electron chi connectivity index (χ1n) is 6.71. The standard InChI is InChI=1S/C14H19F3N2O/c15-14(16,17)12-4-2-11(3-5-12)13(10-18)19-6-1-8-20-9-7-19/h2-5,13H,1,6-10,18H2. The summed E-state index contributed by atoms with van der Waals surface area (Å²) in [5.41, 5.74) is 6.00. The molecule has 1 aromatic rings. The van der Waals surface area contributed by atoms with E-state index >= 15 is 0 Å². The first-order chi connectivity index (χ1) is 9.52. The van der Waals surface area contributed by atoms with Gasteiger partial charge in [0.15, 0.2) is 0 Å². The van der Waals surface area contributed by atoms with Crippen LogP contribution in [-0.2, 0) is 10.9 Å². The lowest BCUT2D eigenvalue weighted by Gasteiger charge is -2.29. The molecule has 1 aliphatic rings. The van der Waals surface area contributed by atoms with Gasteiger partial charge in [-0.1, -0.05) is 12.1 Å². The highest BCUT2D eigenvalue weighted by Crippen LogP contribution is 2.30. The number of nitrogens with zero attached hydrogens (tertiary/aromatic N) is 1. The zero-order valence-electron chi connectivity index (χ0n) is 11.2. The Morgan fingerprint density at radius 2 is 1.85 bits per heavy atom. The van der Waals surface area contributed by atoms with Crippen molar-refractivity contribution in [2.24, 2.45) is 5.73 Å². The largest absolute Gasteiger partial charge is 0.416 e. The van der Waals surface area contributed by atoms with Gasteiger partial charge in [-0.3, -0.25) is 4.90 Å². The smallest absolute Gasteiger partial charge is 0.380 e. The van der Waals surface area contributed by atoms with Gasteiger partial charge in [0.25, 0.3) is 0 Å². The van der Waals surface area contributed by atoms with Crippen molar-refractivity contribution >= 4 is 0 Å². The first kappa shape index (κ1) is 15.3. The molecule has 1 unspecified atom stereocenters. The van der Waals surface area contributed by atoms with E-state index in [4.69, 9.17) is 10.5 Å². The van der Waals surface area contributed by atoms with E-state index in [1.165, 1.54) is 12.1 Å². The summed E-state index contributed by atoms with van der Waals surface area (Å²) in [6.07, 6.45) is -3.38. The van der Waals surface area contributed by atoms with Gasteiger partial charge >= 0.3 is 6.18 Å². The Kier molecular flexibility index (Phi) is 5.01. The zero-order valence-corrected chi connectivity index (χ0v) is 11.2. The van der Waals surface area contributed by atoms with Gasteiger partial charge in [0.1, 0.15) is 0 Å². The monoisotopic (exact) mass is 288 g/mol. The molecule has 0 aliphatic carbocycles. The molecule has 0 aromatic heterocycles. The van der Waals surface area contributed by atoms with Crippen molar-refractivity contribution in [1.29, 1.82) is 0 Å². The highest BCUT2D eigenvalue weighted by molar-refractivity contribution is 5.27. The Balaban J connectivity index is 2.14. The maximum atomic E-state index is 12.6. The van der Waals surface area contributed by atoms with Crippen LogP contribution in [0.4, 0.5) is 13.2 Å². The Labute approximate surface area is 116 Å². The summed E-state index contributed by atoms with van der Waals surface area (Å²) in [6.45, 7) is 3.34. The summed E-state index contributed by atoms with van der Waals surface area (Å²) < 4.78 is 43.1. The number of alkyl halides is 3. The average molecular weight is 288 g/mol. The number of halogens is 3. The van der Waals surface area contributed by atoms with Crippen LogP contribution >= 0.6 is 0 Å². The number of rotatable bonds is 3. The Morgan fingerprint density at radius 3 is 2.45 bits per heavy atom. The first-order valence-corrected chi connectivity index (χ1v) is 6.71. The summed E-state index contributed by atoms with van der Waals surface area (Å²) in [6, 6.07) is 5.22. The van der Waals surface area contributed by atoms with Crippen LogP contribution < -0.4 is 5.73 Å². The van der Waals surface area contributed by atoms with Crippen molar-refractivity contribution < 1.29 is 17.9 Å². The van der Waals surface area contributed by atoms with Crippen LogP contribution in [0.3, 0.4) is 0 Å². The molecule has 1 aliphatic heterocycles. The highest BCUT2D eigenvalue weighted by atomic mass is 19.4. The van der Waals surface area contributed by atoms with Crippen LogP contribution in [0.2, 0.25) is 0 Å². The fourth-order valence-corrected chi connectivity index (χ4v) is 2.47. The Hall–Kier alpha value is -1.11. The molecule has 1 atom stereocenters. The summed E-state index contributed by atoms with van der Waals surface area (Å²) in [7, 11) is 0. The fourth-order valence-electron chi connectivity index (χ4n) is 2.47. The lowest BCUT2D eigenvalue weighted by Crippen LogP contribution is -2.35. The molecule has 1 fully saturated rings. The predicted molar refractivity (Wildman–Crippen MR) is 70.2 cm³/mol. The SMILES string of the molecule is NCC(c1ccc(C(F)(F)F)cc1)N1CCCOCC1. The van der Waals surface area contributed by atoms with Gasteiger partial charge in [0, 0.05) is 32.3 Å². The molecule has 0 saturated carbocycles. The van der Waals surface area contributed by atoms with Crippen molar-refractivity contribution in [1.82, 2.24) is 4.90 Å². The molecule has 0 radical (unpaired) electrons. The van der Waals surface area contributed by atoms with E-state index in [2.05, 4.69) is 4.90 Å². The third-order valence-electron chi connectivity index (χ3n) is 3.54. The Bertz CT molecular complexity index is 411. The minimum absolute atomic E-state index is 0.0565. The number of benzene rings is 1. The quantitative estimate of drug-likeness (QED) is 0.928. The topological polar surface area (TPSA) is 38.5 Å². The molecule has 6 heteroatoms. The number of hydrogen-bond acceptors (Lipinski definition) is 3. The molecule has 0 amide bonds. The van der Waals surface area contributed by atoms with Gasteiger partial charge in [0.2, 0.25) is 0 Å². The van der Waals surface area contributed by atoms with Crippen LogP contribution in [-0.4, -0.2) is 37.7 Å². The van der Waals surface area contributed by atoms with Crippen LogP contribution in [0.1, 0.15) is 23.6 Å². The number of nitrogens with two attached hydrogens (primary N) is 1. The van der Waals surface area contributed by atoms with E-state index in [1.54, 1.807) is 0 Å². The van der Waals surface area contributed by atoms with Gasteiger partial charge in [-0.25, -0.2) is 0 Å². The molecule has 0 bridgehead atoms. The molecule has 112 valence electrons. The van der Waals surface area contributed by atoms with E-state index < -0.39 is 11.7 Å². The molecule has 20 heavy (non-hydrogen) atoms. The third-order valence-corrected chi connectivity index (χ3v) is 3.54. The second-order valence-corrected chi connectivity index (χ2v) is 4.87. The van der Waals surface area contributed by atoms with Gasteiger partial charge in [0.05, 0.1) is 12.2 Å². The lowest BCUT2D eigenvalue weighted by atomic mass is 10.0. The maximum Gasteiger partial charge on any atom is 0.416 e. The van der Waals surface area contributed by atoms with Crippen LogP contribution in [0.25, 0.3) is 0 Å². The van der Waals surface area contributed by atoms with E-state index in [1.807, 2.05) is 0 Å². The minimum Gasteiger partial charge on any atom is -0.380 e. The fraction of sp³-hybridized carbons (Fsp3) is 0.571. The van der Waals surface area contributed by atoms with Crippen LogP contribution in [0.15, 0.2) is 24.3 Å². The van der Waals surface area contributed by atoms with Crippen molar-refractivity contribution in [2.75, 3.05) is 32.8 Å². The molecule has 1 aromatic carbocycles. The minimum atomic E-state index is -4.30. The molecule has 1 heterocycles. The molecule has 3 nitrogen and oxygen atoms in total. The van der Waals surface area contributed by atoms with Crippen molar-refractivity contribution in [3.05, 3.63) is 35.4 Å². The normalized spacial score (nSPS) is 19.6. The van der Waals surface area contributed by atoms with Gasteiger partial charge in [-0.15, -0.1) is 0 Å². The van der Waals surface area contributed by atoms with Gasteiger partial charge < -0.3 is 10.5 Å². The molecule has 2 rings (SSSR count). The Morgan fingerprint density at radius 1 is 1.15 bits per heavy atom. The second kappa shape index (κ2) is 6.56. The highest BCUT2D eigenvalue weighted by Gasteiger charge is 2.30. The predicted octanol–water partition coefficient (Wildman–Crippen LogP) is 2.43. The van der Waals surface area contributed by atoms with Crippen LogP contribution in [0, 0.1) is 0 Å². The van der Waals surface area contributed by atoms with E-state index in [0.29, 0.717) is 13.2 Å². The van der Waals surface area contributed by atoms with Crippen molar-refractivity contribution in [3.63, 3.8) is 0 Å². The molecular formula is C14H19F3N2O. The van der Waals surface area contributed by atoms with Crippen molar-refractivity contribution in [3.8, 4) is 0 Å². The summed E-state index contributed by atoms with van der Waals surface area (Å²) in [5, 5.41) is 0. The van der Waals surface area contributed by atoms with E-state index in [0.717, 1.165) is 43.8 Å². The third kappa shape index (κ3) is 3.71. The maximum absolute atomic E-state index is 12.6. The van der Waals surface area contributed by atoms with E-state index in [-0.39, 0.29) is 6.04 Å². The van der Waals surface area contributed by atoms with Gasteiger partial charge in [-0.2, -0.15) is 13.2 Å². The molecule has 0 spiro atoms. The van der Waals surface area contributed by atoms with Crippen molar-refractivity contribution in [2.45, 2.75) is 18.6 Å². The van der Waals surface area contributed by atoms with Crippen LogP contribution in [0.5, 0.6) is 0 Å². The molecular weight excluding hydrogens is 269 g/mol.